The van der Waals surface area contributed by atoms with Crippen molar-refractivity contribution < 1.29 is 14.3 Å². The van der Waals surface area contributed by atoms with E-state index in [-0.39, 0.29) is 18.3 Å². The van der Waals surface area contributed by atoms with Crippen LogP contribution in [-0.4, -0.2) is 24.2 Å². The maximum Gasteiger partial charge on any atom is 0.316 e. The lowest BCUT2D eigenvalue weighted by molar-refractivity contribution is -0.144. The number of amides is 1. The average molecular weight is 450 g/mol. The SMILES string of the molecule is CCc1cccc(CC)c1NC(=O)COC(=O)CSc1ccc(Br)cc1C. The van der Waals surface area contributed by atoms with E-state index in [0.717, 1.165) is 44.6 Å². The van der Waals surface area contributed by atoms with E-state index in [1.165, 1.54) is 11.8 Å². The van der Waals surface area contributed by atoms with Crippen LogP contribution in [0.5, 0.6) is 0 Å². The quantitative estimate of drug-likeness (QED) is 0.446. The molecule has 0 aliphatic carbocycles. The van der Waals surface area contributed by atoms with Crippen molar-refractivity contribution in [2.75, 3.05) is 17.7 Å². The van der Waals surface area contributed by atoms with Crippen LogP contribution < -0.4 is 5.32 Å². The zero-order valence-electron chi connectivity index (χ0n) is 15.8. The van der Waals surface area contributed by atoms with Crippen molar-refractivity contribution in [3.05, 3.63) is 57.6 Å². The fourth-order valence-corrected chi connectivity index (χ4v) is 3.96. The van der Waals surface area contributed by atoms with E-state index in [2.05, 4.69) is 21.2 Å². The number of hydrogen-bond acceptors (Lipinski definition) is 4. The molecular weight excluding hydrogens is 426 g/mol. The third-order valence-corrected chi connectivity index (χ3v) is 5.75. The van der Waals surface area contributed by atoms with E-state index in [1.807, 2.05) is 57.2 Å². The molecule has 0 aliphatic heterocycles. The molecule has 27 heavy (non-hydrogen) atoms. The molecule has 0 heterocycles. The van der Waals surface area contributed by atoms with E-state index in [1.54, 1.807) is 0 Å². The summed E-state index contributed by atoms with van der Waals surface area (Å²) >= 11 is 4.82. The molecule has 0 spiro atoms. The normalized spacial score (nSPS) is 10.5. The molecule has 0 saturated carbocycles. The molecule has 0 atom stereocenters. The van der Waals surface area contributed by atoms with Crippen molar-refractivity contribution in [2.24, 2.45) is 0 Å². The van der Waals surface area contributed by atoms with Gasteiger partial charge in [0.1, 0.15) is 0 Å². The average Bonchev–Trinajstić information content (AvgIpc) is 2.65. The number of thioether (sulfide) groups is 1. The lowest BCUT2D eigenvalue weighted by Gasteiger charge is -2.14. The number of para-hydroxylation sites is 1. The van der Waals surface area contributed by atoms with Gasteiger partial charge in [-0.3, -0.25) is 9.59 Å². The van der Waals surface area contributed by atoms with Gasteiger partial charge in [-0.2, -0.15) is 0 Å². The van der Waals surface area contributed by atoms with Crippen molar-refractivity contribution in [3.63, 3.8) is 0 Å². The molecule has 2 aromatic carbocycles. The Morgan fingerprint density at radius 1 is 1.11 bits per heavy atom. The van der Waals surface area contributed by atoms with Crippen LogP contribution in [0.4, 0.5) is 5.69 Å². The van der Waals surface area contributed by atoms with Crippen molar-refractivity contribution in [1.82, 2.24) is 0 Å². The van der Waals surface area contributed by atoms with Crippen LogP contribution in [0.1, 0.15) is 30.5 Å². The van der Waals surface area contributed by atoms with Gasteiger partial charge in [0.2, 0.25) is 0 Å². The fraction of sp³-hybridized carbons (Fsp3) is 0.333. The predicted octanol–water partition coefficient (Wildman–Crippen LogP) is 5.16. The molecule has 0 unspecified atom stereocenters. The van der Waals surface area contributed by atoms with Gasteiger partial charge in [-0.05, 0) is 54.7 Å². The summed E-state index contributed by atoms with van der Waals surface area (Å²) in [6.45, 7) is 5.81. The van der Waals surface area contributed by atoms with Crippen LogP contribution in [0.2, 0.25) is 0 Å². The first-order chi connectivity index (χ1) is 12.9. The van der Waals surface area contributed by atoms with Gasteiger partial charge in [0.15, 0.2) is 6.61 Å². The summed E-state index contributed by atoms with van der Waals surface area (Å²) < 4.78 is 6.13. The van der Waals surface area contributed by atoms with Crippen LogP contribution >= 0.6 is 27.7 Å². The standard InChI is InChI=1S/C21H24BrNO3S/c1-4-15-7-6-8-16(5-2)21(15)23-19(24)12-26-20(25)13-27-18-10-9-17(22)11-14(18)3/h6-11H,4-5,12-13H2,1-3H3,(H,23,24). The first-order valence-electron chi connectivity index (χ1n) is 8.89. The van der Waals surface area contributed by atoms with E-state index < -0.39 is 5.97 Å². The molecule has 2 aromatic rings. The van der Waals surface area contributed by atoms with Gasteiger partial charge in [-0.1, -0.05) is 48.0 Å². The van der Waals surface area contributed by atoms with E-state index >= 15 is 0 Å². The Labute approximate surface area is 173 Å². The number of benzene rings is 2. The zero-order valence-corrected chi connectivity index (χ0v) is 18.2. The van der Waals surface area contributed by atoms with Gasteiger partial charge in [0.25, 0.3) is 5.91 Å². The minimum Gasteiger partial charge on any atom is -0.455 e. The lowest BCUT2D eigenvalue weighted by Crippen LogP contribution is -2.23. The zero-order chi connectivity index (χ0) is 19.8. The second-order valence-electron chi connectivity index (χ2n) is 6.07. The first-order valence-corrected chi connectivity index (χ1v) is 10.7. The number of carbonyl (C=O) groups is 2. The molecule has 144 valence electrons. The summed E-state index contributed by atoms with van der Waals surface area (Å²) in [5.41, 5.74) is 4.08. The number of halogens is 1. The molecule has 0 bridgehead atoms. The van der Waals surface area contributed by atoms with Gasteiger partial charge < -0.3 is 10.1 Å². The van der Waals surface area contributed by atoms with Gasteiger partial charge in [-0.25, -0.2) is 0 Å². The molecular formula is C21H24BrNO3S. The summed E-state index contributed by atoms with van der Waals surface area (Å²) in [7, 11) is 0. The smallest absolute Gasteiger partial charge is 0.316 e. The number of carbonyl (C=O) groups excluding carboxylic acids is 2. The molecule has 0 aromatic heterocycles. The molecule has 6 heteroatoms. The monoisotopic (exact) mass is 449 g/mol. The van der Waals surface area contributed by atoms with Gasteiger partial charge in [0.05, 0.1) is 5.75 Å². The summed E-state index contributed by atoms with van der Waals surface area (Å²) in [5, 5.41) is 2.90. The summed E-state index contributed by atoms with van der Waals surface area (Å²) in [4.78, 5) is 25.2. The third kappa shape index (κ3) is 6.40. The molecule has 4 nitrogen and oxygen atoms in total. The number of esters is 1. The largest absolute Gasteiger partial charge is 0.455 e. The maximum absolute atomic E-state index is 12.2. The molecule has 1 amide bonds. The Balaban J connectivity index is 1.86. The first kappa shape index (κ1) is 21.5. The molecule has 2 rings (SSSR count). The highest BCUT2D eigenvalue weighted by Crippen LogP contribution is 2.25. The van der Waals surface area contributed by atoms with Gasteiger partial charge in [-0.15, -0.1) is 11.8 Å². The summed E-state index contributed by atoms with van der Waals surface area (Å²) in [5.74, 6) is -0.553. The highest BCUT2D eigenvalue weighted by atomic mass is 79.9. The topological polar surface area (TPSA) is 55.4 Å². The lowest BCUT2D eigenvalue weighted by atomic mass is 10.0. The van der Waals surface area contributed by atoms with Crippen LogP contribution in [0.15, 0.2) is 45.8 Å². The predicted molar refractivity (Wildman–Crippen MR) is 114 cm³/mol. The maximum atomic E-state index is 12.2. The molecule has 0 aliphatic rings. The Bertz CT molecular complexity index is 801. The molecule has 0 radical (unpaired) electrons. The minimum absolute atomic E-state index is 0.168. The number of hydrogen-bond donors (Lipinski definition) is 1. The molecule has 1 N–H and O–H groups in total. The summed E-state index contributed by atoms with van der Waals surface area (Å²) in [6, 6.07) is 11.9. The van der Waals surface area contributed by atoms with Crippen molar-refractivity contribution >= 4 is 45.3 Å². The van der Waals surface area contributed by atoms with Crippen molar-refractivity contribution in [1.29, 1.82) is 0 Å². The van der Waals surface area contributed by atoms with E-state index in [9.17, 15) is 9.59 Å². The Morgan fingerprint density at radius 2 is 1.78 bits per heavy atom. The second-order valence-corrected chi connectivity index (χ2v) is 8.00. The number of aryl methyl sites for hydroxylation is 3. The third-order valence-electron chi connectivity index (χ3n) is 4.11. The van der Waals surface area contributed by atoms with Crippen molar-refractivity contribution in [2.45, 2.75) is 38.5 Å². The fourth-order valence-electron chi connectivity index (χ4n) is 2.68. The summed E-state index contributed by atoms with van der Waals surface area (Å²) in [6.07, 6.45) is 1.65. The van der Waals surface area contributed by atoms with Crippen molar-refractivity contribution in [3.8, 4) is 0 Å². The highest BCUT2D eigenvalue weighted by Gasteiger charge is 2.13. The number of rotatable bonds is 8. The van der Waals surface area contributed by atoms with Gasteiger partial charge >= 0.3 is 5.97 Å². The Hall–Kier alpha value is -1.79. The van der Waals surface area contributed by atoms with Gasteiger partial charge in [0, 0.05) is 15.1 Å². The second kappa shape index (κ2) is 10.5. The van der Waals surface area contributed by atoms with E-state index in [0.29, 0.717) is 0 Å². The van der Waals surface area contributed by atoms with Crippen LogP contribution in [0.25, 0.3) is 0 Å². The molecule has 0 fully saturated rings. The van der Waals surface area contributed by atoms with Crippen LogP contribution in [0, 0.1) is 6.92 Å². The number of nitrogens with one attached hydrogen (secondary N) is 1. The number of anilines is 1. The minimum atomic E-state index is -0.406. The van der Waals surface area contributed by atoms with Crippen LogP contribution in [-0.2, 0) is 27.2 Å². The highest BCUT2D eigenvalue weighted by molar-refractivity contribution is 9.10. The number of ether oxygens (including phenoxy) is 1. The van der Waals surface area contributed by atoms with Crippen LogP contribution in [0.3, 0.4) is 0 Å². The Morgan fingerprint density at radius 3 is 2.37 bits per heavy atom. The van der Waals surface area contributed by atoms with E-state index in [4.69, 9.17) is 4.74 Å². The Kier molecular flexibility index (Phi) is 8.38. The molecule has 0 saturated heterocycles.